The lowest BCUT2D eigenvalue weighted by atomic mass is 10.1. The number of aromatic nitrogens is 1. The number of pyridine rings is 1. The lowest BCUT2D eigenvalue weighted by Crippen LogP contribution is -2.24. The lowest BCUT2D eigenvalue weighted by molar-refractivity contribution is -0.120. The molecule has 21 heavy (non-hydrogen) atoms. The molecule has 0 aliphatic rings. The maximum Gasteiger partial charge on any atom is 0.224 e. The van der Waals surface area contributed by atoms with Gasteiger partial charge < -0.3 is 9.73 Å². The van der Waals surface area contributed by atoms with Gasteiger partial charge >= 0.3 is 0 Å². The van der Waals surface area contributed by atoms with Crippen molar-refractivity contribution in [2.75, 3.05) is 0 Å². The zero-order valence-corrected chi connectivity index (χ0v) is 11.2. The summed E-state index contributed by atoms with van der Waals surface area (Å²) in [5.41, 5.74) is 2.23. The standard InChI is InChI=1S/C16H13FN2O2/c17-13-1-2-15-14(8-13)12(10-21-15)7-16(20)19-9-11-3-5-18-6-4-11/h1-6,8,10H,7,9H2,(H,19,20). The molecule has 0 bridgehead atoms. The molecule has 0 fully saturated rings. The van der Waals surface area contributed by atoms with Crippen molar-refractivity contribution in [3.63, 3.8) is 0 Å². The topological polar surface area (TPSA) is 55.1 Å². The van der Waals surface area contributed by atoms with Crippen LogP contribution in [0.3, 0.4) is 0 Å². The Balaban J connectivity index is 1.67. The average molecular weight is 284 g/mol. The molecular formula is C16H13FN2O2. The second-order valence-electron chi connectivity index (χ2n) is 4.71. The van der Waals surface area contributed by atoms with Crippen molar-refractivity contribution in [1.29, 1.82) is 0 Å². The first-order valence-electron chi connectivity index (χ1n) is 6.53. The fraction of sp³-hybridized carbons (Fsp3) is 0.125. The van der Waals surface area contributed by atoms with Gasteiger partial charge in [-0.2, -0.15) is 0 Å². The molecule has 0 saturated heterocycles. The highest BCUT2D eigenvalue weighted by molar-refractivity contribution is 5.87. The van der Waals surface area contributed by atoms with Gasteiger partial charge in [-0.1, -0.05) is 0 Å². The molecule has 4 nitrogen and oxygen atoms in total. The van der Waals surface area contributed by atoms with Crippen molar-refractivity contribution in [3.8, 4) is 0 Å². The Hall–Kier alpha value is -2.69. The number of rotatable bonds is 4. The summed E-state index contributed by atoms with van der Waals surface area (Å²) in [6.45, 7) is 0.436. The van der Waals surface area contributed by atoms with Crippen LogP contribution in [0.15, 0.2) is 53.4 Å². The van der Waals surface area contributed by atoms with E-state index >= 15 is 0 Å². The van der Waals surface area contributed by atoms with E-state index in [4.69, 9.17) is 4.42 Å². The number of carbonyl (C=O) groups excluding carboxylic acids is 1. The van der Waals surface area contributed by atoms with E-state index in [0.717, 1.165) is 5.56 Å². The molecule has 0 aliphatic heterocycles. The van der Waals surface area contributed by atoms with Gasteiger partial charge in [0.1, 0.15) is 11.4 Å². The van der Waals surface area contributed by atoms with Crippen LogP contribution >= 0.6 is 0 Å². The summed E-state index contributed by atoms with van der Waals surface area (Å²) in [6.07, 6.45) is 5.00. The number of halogens is 1. The normalized spacial score (nSPS) is 10.7. The van der Waals surface area contributed by atoms with E-state index in [1.807, 2.05) is 12.1 Å². The number of carbonyl (C=O) groups is 1. The van der Waals surface area contributed by atoms with Crippen LogP contribution in [0.5, 0.6) is 0 Å². The van der Waals surface area contributed by atoms with Crippen molar-refractivity contribution >= 4 is 16.9 Å². The second kappa shape index (κ2) is 5.75. The number of nitrogens with zero attached hydrogens (tertiary/aromatic N) is 1. The highest BCUT2D eigenvalue weighted by atomic mass is 19.1. The summed E-state index contributed by atoms with van der Waals surface area (Å²) in [7, 11) is 0. The molecule has 0 saturated carbocycles. The van der Waals surface area contributed by atoms with Gasteiger partial charge in [-0.15, -0.1) is 0 Å². The first kappa shape index (κ1) is 13.3. The Labute approximate surface area is 120 Å². The van der Waals surface area contributed by atoms with Crippen molar-refractivity contribution < 1.29 is 13.6 Å². The molecule has 2 heterocycles. The molecule has 2 aromatic heterocycles. The second-order valence-corrected chi connectivity index (χ2v) is 4.71. The van der Waals surface area contributed by atoms with Crippen LogP contribution < -0.4 is 5.32 Å². The number of nitrogens with one attached hydrogen (secondary N) is 1. The van der Waals surface area contributed by atoms with E-state index in [1.54, 1.807) is 18.5 Å². The molecule has 0 unspecified atom stereocenters. The SMILES string of the molecule is O=C(Cc1coc2ccc(F)cc12)NCc1ccncc1. The molecule has 5 heteroatoms. The molecule has 0 atom stereocenters. The summed E-state index contributed by atoms with van der Waals surface area (Å²) in [5, 5.41) is 3.45. The zero-order chi connectivity index (χ0) is 14.7. The van der Waals surface area contributed by atoms with Gasteiger partial charge in [-0.3, -0.25) is 9.78 Å². The Morgan fingerprint density at radius 1 is 1.24 bits per heavy atom. The summed E-state index contributed by atoms with van der Waals surface area (Å²) in [4.78, 5) is 15.9. The largest absolute Gasteiger partial charge is 0.464 e. The van der Waals surface area contributed by atoms with Crippen molar-refractivity contribution in [1.82, 2.24) is 10.3 Å². The number of benzene rings is 1. The monoisotopic (exact) mass is 284 g/mol. The average Bonchev–Trinajstić information content (AvgIpc) is 2.88. The predicted molar refractivity (Wildman–Crippen MR) is 76.0 cm³/mol. The Morgan fingerprint density at radius 2 is 2.05 bits per heavy atom. The van der Waals surface area contributed by atoms with E-state index < -0.39 is 0 Å². The van der Waals surface area contributed by atoms with Gasteiger partial charge in [0.15, 0.2) is 0 Å². The highest BCUT2D eigenvalue weighted by Crippen LogP contribution is 2.22. The van der Waals surface area contributed by atoms with E-state index in [1.165, 1.54) is 18.4 Å². The minimum atomic E-state index is -0.345. The van der Waals surface area contributed by atoms with Gasteiger partial charge in [-0.05, 0) is 35.9 Å². The molecule has 106 valence electrons. The maximum atomic E-state index is 13.3. The third-order valence-electron chi connectivity index (χ3n) is 3.21. The van der Waals surface area contributed by atoms with Gasteiger partial charge in [-0.25, -0.2) is 4.39 Å². The van der Waals surface area contributed by atoms with Crippen LogP contribution in [0, 0.1) is 5.82 Å². The first-order valence-corrected chi connectivity index (χ1v) is 6.53. The van der Waals surface area contributed by atoms with Crippen molar-refractivity contribution in [3.05, 3.63) is 65.9 Å². The van der Waals surface area contributed by atoms with E-state index in [0.29, 0.717) is 23.1 Å². The van der Waals surface area contributed by atoms with Gasteiger partial charge in [0, 0.05) is 29.9 Å². The van der Waals surface area contributed by atoms with E-state index in [9.17, 15) is 9.18 Å². The van der Waals surface area contributed by atoms with Crippen LogP contribution in [0.1, 0.15) is 11.1 Å². The molecule has 1 N–H and O–H groups in total. The molecule has 1 aromatic carbocycles. The van der Waals surface area contributed by atoms with Crippen LogP contribution in [-0.4, -0.2) is 10.9 Å². The quantitative estimate of drug-likeness (QED) is 0.801. The molecular weight excluding hydrogens is 271 g/mol. The number of hydrogen-bond acceptors (Lipinski definition) is 3. The summed E-state index contributed by atoms with van der Waals surface area (Å²) < 4.78 is 18.6. The Morgan fingerprint density at radius 3 is 2.86 bits per heavy atom. The van der Waals surface area contributed by atoms with Crippen LogP contribution in [0.2, 0.25) is 0 Å². The van der Waals surface area contributed by atoms with Gasteiger partial charge in [0.25, 0.3) is 0 Å². The van der Waals surface area contributed by atoms with Gasteiger partial charge in [0.2, 0.25) is 5.91 Å². The van der Waals surface area contributed by atoms with Crippen LogP contribution in [0.4, 0.5) is 4.39 Å². The Bertz CT molecular complexity index is 768. The summed E-state index contributed by atoms with van der Waals surface area (Å²) in [5.74, 6) is -0.485. The molecule has 3 aromatic rings. The summed E-state index contributed by atoms with van der Waals surface area (Å²) in [6, 6.07) is 7.94. The third kappa shape index (κ3) is 3.08. The van der Waals surface area contributed by atoms with E-state index in [-0.39, 0.29) is 18.1 Å². The fourth-order valence-electron chi connectivity index (χ4n) is 2.13. The zero-order valence-electron chi connectivity index (χ0n) is 11.2. The minimum Gasteiger partial charge on any atom is -0.464 e. The van der Waals surface area contributed by atoms with Crippen LogP contribution in [-0.2, 0) is 17.8 Å². The molecule has 0 spiro atoms. The highest BCUT2D eigenvalue weighted by Gasteiger charge is 2.11. The van der Waals surface area contributed by atoms with Crippen LogP contribution in [0.25, 0.3) is 11.0 Å². The number of fused-ring (bicyclic) bond motifs is 1. The Kier molecular flexibility index (Phi) is 3.64. The van der Waals surface area contributed by atoms with Gasteiger partial charge in [0.05, 0.1) is 12.7 Å². The summed E-state index contributed by atoms with van der Waals surface area (Å²) >= 11 is 0. The molecule has 0 aliphatic carbocycles. The predicted octanol–water partition coefficient (Wildman–Crippen LogP) is 2.83. The fourth-order valence-corrected chi connectivity index (χ4v) is 2.13. The lowest BCUT2D eigenvalue weighted by Gasteiger charge is -2.04. The first-order chi connectivity index (χ1) is 10.2. The number of amides is 1. The van der Waals surface area contributed by atoms with Crippen molar-refractivity contribution in [2.24, 2.45) is 0 Å². The maximum absolute atomic E-state index is 13.3. The van der Waals surface area contributed by atoms with E-state index in [2.05, 4.69) is 10.3 Å². The number of furan rings is 1. The third-order valence-corrected chi connectivity index (χ3v) is 3.21. The minimum absolute atomic E-state index is 0.140. The van der Waals surface area contributed by atoms with Crippen molar-refractivity contribution in [2.45, 2.75) is 13.0 Å². The molecule has 0 radical (unpaired) electrons. The molecule has 3 rings (SSSR count). The smallest absolute Gasteiger partial charge is 0.224 e. The molecule has 1 amide bonds. The number of hydrogen-bond donors (Lipinski definition) is 1.